The SMILES string of the molecule is O=S(=O)(Cl)Cc1ccc(OC2CCC2)cc1. The highest BCUT2D eigenvalue weighted by Crippen LogP contribution is 2.25. The molecule has 2 rings (SSSR count). The third kappa shape index (κ3) is 3.39. The lowest BCUT2D eigenvalue weighted by Crippen LogP contribution is -2.24. The van der Waals surface area contributed by atoms with Gasteiger partial charge in [0, 0.05) is 10.7 Å². The standard InChI is InChI=1S/C11H13ClO3S/c12-16(13,14)8-9-4-6-11(7-5-9)15-10-2-1-3-10/h4-7,10H,1-3,8H2. The van der Waals surface area contributed by atoms with E-state index in [1.807, 2.05) is 0 Å². The lowest BCUT2D eigenvalue weighted by atomic mass is 9.96. The maximum atomic E-state index is 10.9. The molecule has 0 aromatic heterocycles. The molecule has 0 aliphatic heterocycles. The van der Waals surface area contributed by atoms with Crippen LogP contribution < -0.4 is 4.74 Å². The Kier molecular flexibility index (Phi) is 3.40. The van der Waals surface area contributed by atoms with Gasteiger partial charge in [-0.15, -0.1) is 0 Å². The van der Waals surface area contributed by atoms with Crippen LogP contribution in [0.3, 0.4) is 0 Å². The van der Waals surface area contributed by atoms with Crippen LogP contribution in [0.1, 0.15) is 24.8 Å². The van der Waals surface area contributed by atoms with Gasteiger partial charge in [0.05, 0.1) is 11.9 Å². The highest BCUT2D eigenvalue weighted by molar-refractivity contribution is 8.13. The van der Waals surface area contributed by atoms with Crippen molar-refractivity contribution in [2.24, 2.45) is 0 Å². The van der Waals surface area contributed by atoms with E-state index in [9.17, 15) is 8.42 Å². The van der Waals surface area contributed by atoms with Gasteiger partial charge in [-0.05, 0) is 37.0 Å². The maximum absolute atomic E-state index is 10.9. The molecule has 5 heteroatoms. The highest BCUT2D eigenvalue weighted by atomic mass is 35.7. The second-order valence-electron chi connectivity index (χ2n) is 4.00. The fraction of sp³-hybridized carbons (Fsp3) is 0.455. The molecule has 0 atom stereocenters. The van der Waals surface area contributed by atoms with E-state index in [4.69, 9.17) is 15.4 Å². The van der Waals surface area contributed by atoms with Crippen molar-refractivity contribution in [2.45, 2.75) is 31.1 Å². The molecular formula is C11H13ClO3S. The summed E-state index contributed by atoms with van der Waals surface area (Å²) in [6.45, 7) is 0. The van der Waals surface area contributed by atoms with Gasteiger partial charge in [-0.3, -0.25) is 0 Å². The summed E-state index contributed by atoms with van der Waals surface area (Å²) in [6.07, 6.45) is 3.78. The van der Waals surface area contributed by atoms with Gasteiger partial charge < -0.3 is 4.74 Å². The van der Waals surface area contributed by atoms with Crippen LogP contribution in [0.4, 0.5) is 0 Å². The fourth-order valence-electron chi connectivity index (χ4n) is 1.54. The topological polar surface area (TPSA) is 43.4 Å². The second-order valence-corrected chi connectivity index (χ2v) is 6.77. The Morgan fingerprint density at radius 2 is 1.88 bits per heavy atom. The largest absolute Gasteiger partial charge is 0.490 e. The summed E-state index contributed by atoms with van der Waals surface area (Å²) in [7, 11) is 1.69. The number of hydrogen-bond acceptors (Lipinski definition) is 3. The van der Waals surface area contributed by atoms with Crippen LogP contribution in [0.2, 0.25) is 0 Å². The summed E-state index contributed by atoms with van der Waals surface area (Å²) >= 11 is 0. The average Bonchev–Trinajstić information content (AvgIpc) is 2.11. The molecule has 1 aromatic carbocycles. The first-order chi connectivity index (χ1) is 7.53. The molecule has 0 radical (unpaired) electrons. The lowest BCUT2D eigenvalue weighted by Gasteiger charge is -2.26. The predicted octanol–water partition coefficient (Wildman–Crippen LogP) is 2.69. The van der Waals surface area contributed by atoms with Crippen molar-refractivity contribution in [3.05, 3.63) is 29.8 Å². The van der Waals surface area contributed by atoms with Crippen LogP contribution >= 0.6 is 10.7 Å². The Balaban J connectivity index is 1.98. The molecule has 1 aromatic rings. The number of hydrogen-bond donors (Lipinski definition) is 0. The van der Waals surface area contributed by atoms with Gasteiger partial charge in [-0.25, -0.2) is 8.42 Å². The first-order valence-corrected chi connectivity index (χ1v) is 7.69. The Labute approximate surface area is 99.8 Å². The highest BCUT2D eigenvalue weighted by Gasteiger charge is 2.18. The molecule has 88 valence electrons. The quantitative estimate of drug-likeness (QED) is 0.782. The molecule has 3 nitrogen and oxygen atoms in total. The maximum Gasteiger partial charge on any atom is 0.236 e. The van der Waals surface area contributed by atoms with Gasteiger partial charge >= 0.3 is 0 Å². The molecule has 1 aliphatic rings. The smallest absolute Gasteiger partial charge is 0.236 e. The number of halogens is 1. The minimum absolute atomic E-state index is 0.141. The second kappa shape index (κ2) is 4.63. The van der Waals surface area contributed by atoms with Crippen molar-refractivity contribution in [2.75, 3.05) is 0 Å². The Morgan fingerprint density at radius 1 is 1.25 bits per heavy atom. The van der Waals surface area contributed by atoms with Crippen LogP contribution in [0.25, 0.3) is 0 Å². The lowest BCUT2D eigenvalue weighted by molar-refractivity contribution is 0.120. The zero-order valence-corrected chi connectivity index (χ0v) is 10.3. The molecule has 0 heterocycles. The van der Waals surface area contributed by atoms with Crippen molar-refractivity contribution in [3.8, 4) is 5.75 Å². The van der Waals surface area contributed by atoms with Gasteiger partial charge in [0.25, 0.3) is 0 Å². The summed E-state index contributed by atoms with van der Waals surface area (Å²) in [5.74, 6) is 0.651. The van der Waals surface area contributed by atoms with Gasteiger partial charge in [0.2, 0.25) is 9.05 Å². The zero-order valence-electron chi connectivity index (χ0n) is 8.73. The third-order valence-electron chi connectivity index (χ3n) is 2.62. The summed E-state index contributed by atoms with van der Waals surface area (Å²) in [6, 6.07) is 7.04. The van der Waals surface area contributed by atoms with Crippen molar-refractivity contribution in [1.82, 2.24) is 0 Å². The summed E-state index contributed by atoms with van der Waals surface area (Å²) in [5, 5.41) is 0. The van der Waals surface area contributed by atoms with E-state index in [2.05, 4.69) is 0 Å². The Morgan fingerprint density at radius 3 is 2.31 bits per heavy atom. The third-order valence-corrected chi connectivity index (χ3v) is 3.62. The van der Waals surface area contributed by atoms with Crippen LogP contribution in [-0.4, -0.2) is 14.5 Å². The Bertz CT molecular complexity index is 449. The van der Waals surface area contributed by atoms with Gasteiger partial charge in [0.1, 0.15) is 5.75 Å². The van der Waals surface area contributed by atoms with Gasteiger partial charge in [-0.1, -0.05) is 12.1 Å². The summed E-state index contributed by atoms with van der Waals surface area (Å²) < 4.78 is 27.4. The molecule has 0 spiro atoms. The molecule has 1 fully saturated rings. The van der Waals surface area contributed by atoms with Crippen molar-refractivity contribution < 1.29 is 13.2 Å². The predicted molar refractivity (Wildman–Crippen MR) is 63.2 cm³/mol. The van der Waals surface area contributed by atoms with Crippen LogP contribution in [0, 0.1) is 0 Å². The Hall–Kier alpha value is -0.740. The number of rotatable bonds is 4. The first-order valence-electron chi connectivity index (χ1n) is 5.21. The number of ether oxygens (including phenoxy) is 1. The number of benzene rings is 1. The van der Waals surface area contributed by atoms with Crippen molar-refractivity contribution in [3.63, 3.8) is 0 Å². The van der Waals surface area contributed by atoms with E-state index in [-0.39, 0.29) is 5.75 Å². The van der Waals surface area contributed by atoms with Gasteiger partial charge in [-0.2, -0.15) is 0 Å². The van der Waals surface area contributed by atoms with Crippen LogP contribution in [0.15, 0.2) is 24.3 Å². The average molecular weight is 261 g/mol. The van der Waals surface area contributed by atoms with E-state index >= 15 is 0 Å². The van der Waals surface area contributed by atoms with Crippen molar-refractivity contribution >= 4 is 19.7 Å². The van der Waals surface area contributed by atoms with Crippen molar-refractivity contribution in [1.29, 1.82) is 0 Å². The molecular weight excluding hydrogens is 248 g/mol. The molecule has 1 saturated carbocycles. The van der Waals surface area contributed by atoms with E-state index in [0.717, 1.165) is 18.6 Å². The van der Waals surface area contributed by atoms with E-state index in [1.165, 1.54) is 6.42 Å². The molecule has 0 saturated heterocycles. The van der Waals surface area contributed by atoms with Gasteiger partial charge in [0.15, 0.2) is 0 Å². The fourth-order valence-corrected chi connectivity index (χ4v) is 2.51. The van der Waals surface area contributed by atoms with Crippen LogP contribution in [-0.2, 0) is 14.8 Å². The summed E-state index contributed by atoms with van der Waals surface area (Å²) in [4.78, 5) is 0. The van der Waals surface area contributed by atoms with E-state index < -0.39 is 9.05 Å². The zero-order chi connectivity index (χ0) is 11.6. The minimum Gasteiger partial charge on any atom is -0.490 e. The molecule has 0 bridgehead atoms. The summed E-state index contributed by atoms with van der Waals surface area (Å²) in [5.41, 5.74) is 0.677. The van der Waals surface area contributed by atoms with Crippen LogP contribution in [0.5, 0.6) is 5.75 Å². The van der Waals surface area contributed by atoms with E-state index in [0.29, 0.717) is 11.7 Å². The molecule has 0 amide bonds. The minimum atomic E-state index is -3.48. The molecule has 0 unspecified atom stereocenters. The molecule has 16 heavy (non-hydrogen) atoms. The molecule has 1 aliphatic carbocycles. The monoisotopic (exact) mass is 260 g/mol. The molecule has 0 N–H and O–H groups in total. The van der Waals surface area contributed by atoms with E-state index in [1.54, 1.807) is 24.3 Å². The first kappa shape index (κ1) is 11.7. The normalized spacial score (nSPS) is 16.8.